The monoisotopic (exact) mass is 416 g/mol. The molecule has 0 radical (unpaired) electrons. The summed E-state index contributed by atoms with van der Waals surface area (Å²) in [6, 6.07) is 11.2. The number of methoxy groups -OCH3 is 1. The average molecular weight is 417 g/mol. The topological polar surface area (TPSA) is 51.5 Å². The zero-order valence-corrected chi connectivity index (χ0v) is 16.2. The number of aromatic nitrogens is 1. The van der Waals surface area contributed by atoms with Gasteiger partial charge in [0.1, 0.15) is 5.75 Å². The third-order valence-corrected chi connectivity index (χ3v) is 6.02. The Hall–Kier alpha value is -2.08. The van der Waals surface area contributed by atoms with E-state index in [-0.39, 0.29) is 17.4 Å². The van der Waals surface area contributed by atoms with E-state index in [9.17, 15) is 9.59 Å². The Kier molecular flexibility index (Phi) is 4.61. The SMILES string of the molecule is COc1ccc(CC(=O)N2C[C@H]3C[C@@H](C2)c2cccc(=O)n2C3)cc1Br. The van der Waals surface area contributed by atoms with Crippen LogP contribution in [0.4, 0.5) is 0 Å². The Balaban J connectivity index is 1.51. The van der Waals surface area contributed by atoms with Gasteiger partial charge in [-0.1, -0.05) is 12.1 Å². The lowest BCUT2D eigenvalue weighted by Crippen LogP contribution is -2.49. The van der Waals surface area contributed by atoms with Crippen molar-refractivity contribution in [2.45, 2.75) is 25.3 Å². The van der Waals surface area contributed by atoms with Gasteiger partial charge in [-0.25, -0.2) is 0 Å². The lowest BCUT2D eigenvalue weighted by Gasteiger charge is -2.42. The van der Waals surface area contributed by atoms with Gasteiger partial charge in [0.25, 0.3) is 5.56 Å². The first kappa shape index (κ1) is 17.3. The molecule has 1 saturated heterocycles. The molecule has 0 unspecified atom stereocenters. The molecule has 2 aliphatic heterocycles. The van der Waals surface area contributed by atoms with E-state index in [0.29, 0.717) is 25.4 Å². The van der Waals surface area contributed by atoms with Crippen molar-refractivity contribution in [3.8, 4) is 5.75 Å². The zero-order chi connectivity index (χ0) is 18.3. The van der Waals surface area contributed by atoms with Crippen molar-refractivity contribution in [1.29, 1.82) is 0 Å². The van der Waals surface area contributed by atoms with Gasteiger partial charge in [-0.15, -0.1) is 0 Å². The Morgan fingerprint density at radius 1 is 1.23 bits per heavy atom. The fraction of sp³-hybridized carbons (Fsp3) is 0.400. The molecule has 1 amide bonds. The maximum atomic E-state index is 12.9. The van der Waals surface area contributed by atoms with E-state index in [2.05, 4.69) is 15.9 Å². The van der Waals surface area contributed by atoms with Gasteiger partial charge in [-0.2, -0.15) is 0 Å². The fourth-order valence-electron chi connectivity index (χ4n) is 4.21. The number of carbonyl (C=O) groups is 1. The molecular weight excluding hydrogens is 396 g/mol. The summed E-state index contributed by atoms with van der Waals surface area (Å²) in [5.41, 5.74) is 2.11. The molecule has 0 N–H and O–H groups in total. The summed E-state index contributed by atoms with van der Waals surface area (Å²) in [5.74, 6) is 1.51. The first-order valence-electron chi connectivity index (χ1n) is 8.85. The van der Waals surface area contributed by atoms with Crippen molar-refractivity contribution < 1.29 is 9.53 Å². The molecule has 2 aromatic rings. The molecule has 2 bridgehead atoms. The first-order valence-corrected chi connectivity index (χ1v) is 9.64. The van der Waals surface area contributed by atoms with Crippen molar-refractivity contribution in [3.05, 3.63) is 62.5 Å². The summed E-state index contributed by atoms with van der Waals surface area (Å²) in [7, 11) is 1.63. The highest BCUT2D eigenvalue weighted by molar-refractivity contribution is 9.10. The van der Waals surface area contributed by atoms with E-state index in [1.165, 1.54) is 0 Å². The van der Waals surface area contributed by atoms with Crippen molar-refractivity contribution in [2.24, 2.45) is 5.92 Å². The van der Waals surface area contributed by atoms with Gasteiger partial charge >= 0.3 is 0 Å². The number of fused-ring (bicyclic) bond motifs is 4. The quantitative estimate of drug-likeness (QED) is 0.772. The van der Waals surface area contributed by atoms with Gasteiger partial charge in [-0.05, 0) is 52.0 Å². The van der Waals surface area contributed by atoms with E-state index in [1.807, 2.05) is 39.8 Å². The van der Waals surface area contributed by atoms with Crippen molar-refractivity contribution >= 4 is 21.8 Å². The number of carbonyl (C=O) groups excluding carboxylic acids is 1. The number of ether oxygens (including phenoxy) is 1. The Bertz CT molecular complexity index is 908. The van der Waals surface area contributed by atoms with Crippen molar-refractivity contribution in [3.63, 3.8) is 0 Å². The minimum absolute atomic E-state index is 0.0695. The second kappa shape index (κ2) is 6.91. The number of hydrogen-bond acceptors (Lipinski definition) is 3. The smallest absolute Gasteiger partial charge is 0.250 e. The van der Waals surface area contributed by atoms with Crippen LogP contribution in [-0.2, 0) is 17.8 Å². The largest absolute Gasteiger partial charge is 0.496 e. The second-order valence-electron chi connectivity index (χ2n) is 7.14. The lowest BCUT2D eigenvalue weighted by molar-refractivity contribution is -0.133. The van der Waals surface area contributed by atoms with Crippen LogP contribution in [0, 0.1) is 5.92 Å². The van der Waals surface area contributed by atoms with Crippen LogP contribution in [0.25, 0.3) is 0 Å². The standard InChI is InChI=1S/C20H21BrN2O3/c1-26-18-6-5-13(8-16(18)21)9-20(25)22-10-14-7-15(12-22)17-3-2-4-19(24)23(17)11-14/h2-6,8,14-15H,7,9-12H2,1H3/t14-,15+/m1/s1. The summed E-state index contributed by atoms with van der Waals surface area (Å²) >= 11 is 3.48. The molecular formula is C20H21BrN2O3. The predicted molar refractivity (Wildman–Crippen MR) is 103 cm³/mol. The molecule has 1 aromatic heterocycles. The minimum Gasteiger partial charge on any atom is -0.496 e. The van der Waals surface area contributed by atoms with Gasteiger partial charge in [0.05, 0.1) is 18.0 Å². The molecule has 4 rings (SSSR count). The fourth-order valence-corrected chi connectivity index (χ4v) is 4.79. The average Bonchev–Trinajstić information content (AvgIpc) is 2.63. The van der Waals surface area contributed by atoms with E-state index >= 15 is 0 Å². The molecule has 26 heavy (non-hydrogen) atoms. The Morgan fingerprint density at radius 2 is 2.08 bits per heavy atom. The number of amides is 1. The van der Waals surface area contributed by atoms with Crippen LogP contribution in [-0.4, -0.2) is 35.6 Å². The highest BCUT2D eigenvalue weighted by Crippen LogP contribution is 2.35. The molecule has 0 spiro atoms. The molecule has 2 atom stereocenters. The third-order valence-electron chi connectivity index (χ3n) is 5.40. The van der Waals surface area contributed by atoms with Gasteiger partial charge in [0, 0.05) is 37.3 Å². The van der Waals surface area contributed by atoms with Gasteiger partial charge in [0.15, 0.2) is 0 Å². The van der Waals surface area contributed by atoms with Crippen molar-refractivity contribution in [2.75, 3.05) is 20.2 Å². The minimum atomic E-state index is 0.0695. The molecule has 1 aromatic carbocycles. The Morgan fingerprint density at radius 3 is 2.85 bits per heavy atom. The molecule has 3 heterocycles. The molecule has 1 fully saturated rings. The highest BCUT2D eigenvalue weighted by Gasteiger charge is 2.36. The van der Waals surface area contributed by atoms with Crippen LogP contribution in [0.1, 0.15) is 23.6 Å². The summed E-state index contributed by atoms with van der Waals surface area (Å²) in [4.78, 5) is 26.9. The van der Waals surface area contributed by atoms with Crippen LogP contribution in [0.5, 0.6) is 5.75 Å². The summed E-state index contributed by atoms with van der Waals surface area (Å²) in [5, 5.41) is 0. The predicted octanol–water partition coefficient (Wildman–Crippen LogP) is 2.81. The molecule has 0 aliphatic carbocycles. The number of likely N-dealkylation sites (tertiary alicyclic amines) is 1. The molecule has 5 nitrogen and oxygen atoms in total. The van der Waals surface area contributed by atoms with Gasteiger partial charge in [0.2, 0.25) is 5.91 Å². The van der Waals surface area contributed by atoms with E-state index < -0.39 is 0 Å². The number of halogens is 1. The first-order chi connectivity index (χ1) is 12.5. The summed E-state index contributed by atoms with van der Waals surface area (Å²) in [6.45, 7) is 2.13. The highest BCUT2D eigenvalue weighted by atomic mass is 79.9. The zero-order valence-electron chi connectivity index (χ0n) is 14.7. The van der Waals surface area contributed by atoms with Gasteiger partial charge in [-0.3, -0.25) is 9.59 Å². The third kappa shape index (κ3) is 3.18. The van der Waals surface area contributed by atoms with Crippen LogP contribution in [0.2, 0.25) is 0 Å². The maximum absolute atomic E-state index is 12.9. The number of pyridine rings is 1. The lowest BCUT2D eigenvalue weighted by atomic mass is 9.83. The van der Waals surface area contributed by atoms with Gasteiger partial charge < -0.3 is 14.2 Å². The number of nitrogens with zero attached hydrogens (tertiary/aromatic N) is 2. The van der Waals surface area contributed by atoms with Crippen LogP contribution in [0.3, 0.4) is 0 Å². The van der Waals surface area contributed by atoms with E-state index in [1.54, 1.807) is 13.2 Å². The van der Waals surface area contributed by atoms with Crippen LogP contribution < -0.4 is 10.3 Å². The number of benzene rings is 1. The number of hydrogen-bond donors (Lipinski definition) is 0. The van der Waals surface area contributed by atoms with Crippen molar-refractivity contribution in [1.82, 2.24) is 9.47 Å². The van der Waals surface area contributed by atoms with Crippen LogP contribution >= 0.6 is 15.9 Å². The molecule has 6 heteroatoms. The van der Waals surface area contributed by atoms with Crippen LogP contribution in [0.15, 0.2) is 45.7 Å². The Labute approximate surface area is 160 Å². The molecule has 136 valence electrons. The maximum Gasteiger partial charge on any atom is 0.250 e. The summed E-state index contributed by atoms with van der Waals surface area (Å²) < 4.78 is 7.99. The van der Waals surface area contributed by atoms with E-state index in [4.69, 9.17) is 4.74 Å². The molecule has 2 aliphatic rings. The number of rotatable bonds is 3. The van der Waals surface area contributed by atoms with E-state index in [0.717, 1.165) is 34.4 Å². The second-order valence-corrected chi connectivity index (χ2v) is 8.00. The molecule has 0 saturated carbocycles. The number of piperidine rings is 1. The normalized spacial score (nSPS) is 21.2. The summed E-state index contributed by atoms with van der Waals surface area (Å²) in [6.07, 6.45) is 1.44.